The lowest BCUT2D eigenvalue weighted by molar-refractivity contribution is -0.140. The predicted octanol–water partition coefficient (Wildman–Crippen LogP) is 4.51. The monoisotopic (exact) mass is 321 g/mol. The van der Waals surface area contributed by atoms with Crippen LogP contribution < -0.4 is 0 Å². The normalized spacial score (nSPS) is 18.0. The third-order valence-electron chi connectivity index (χ3n) is 4.18. The summed E-state index contributed by atoms with van der Waals surface area (Å²) in [6.45, 7) is 5.74. The maximum atomic E-state index is 12.2. The Bertz CT molecular complexity index is 850. The van der Waals surface area contributed by atoms with Crippen LogP contribution in [0.25, 0.3) is 0 Å². The molecule has 0 spiro atoms. The van der Waals surface area contributed by atoms with Crippen LogP contribution in [0.2, 0.25) is 0 Å². The van der Waals surface area contributed by atoms with Gasteiger partial charge in [0.25, 0.3) is 0 Å². The van der Waals surface area contributed by atoms with E-state index in [1.54, 1.807) is 6.92 Å². The summed E-state index contributed by atoms with van der Waals surface area (Å²) in [7, 11) is 0. The quantitative estimate of drug-likeness (QED) is 0.668. The molecule has 0 bridgehead atoms. The van der Waals surface area contributed by atoms with E-state index < -0.39 is 12.1 Å². The summed E-state index contributed by atoms with van der Waals surface area (Å²) in [6.07, 6.45) is -0.765. The summed E-state index contributed by atoms with van der Waals surface area (Å²) in [6, 6.07) is 15.0. The minimum atomic E-state index is -0.765. The lowest BCUT2D eigenvalue weighted by atomic mass is 10.0. The fourth-order valence-electron chi connectivity index (χ4n) is 2.69. The molecule has 1 unspecified atom stereocenters. The Kier molecular flexibility index (Phi) is 4.21. The Hall–Kier alpha value is -2.88. The largest absolute Gasteiger partial charge is 0.507 e. The van der Waals surface area contributed by atoms with Crippen molar-refractivity contribution in [1.29, 1.82) is 0 Å². The lowest BCUT2D eigenvalue weighted by Crippen LogP contribution is -2.07. The number of esters is 1. The van der Waals surface area contributed by atoms with Crippen molar-refractivity contribution >= 4 is 17.4 Å². The number of hydrogen-bond acceptors (Lipinski definition) is 4. The first-order chi connectivity index (χ1) is 11.5. The van der Waals surface area contributed by atoms with Crippen LogP contribution in [0, 0.1) is 13.8 Å². The zero-order chi connectivity index (χ0) is 17.3. The summed E-state index contributed by atoms with van der Waals surface area (Å²) in [5.74, 6) is -0.636. The second-order valence-electron chi connectivity index (χ2n) is 5.92. The van der Waals surface area contributed by atoms with Crippen LogP contribution in [0.1, 0.15) is 29.7 Å². The fourth-order valence-corrected chi connectivity index (χ4v) is 2.69. The van der Waals surface area contributed by atoms with E-state index in [0.29, 0.717) is 5.71 Å². The standard InChI is InChI=1S/C20H19NO3/c1-12-9-10-16(11-13(12)2)21-14(3)17-18(22)19(24-20(17)23)15-7-5-4-6-8-15/h4-11,19,22H,1-3H3. The van der Waals surface area contributed by atoms with Crippen molar-refractivity contribution in [2.75, 3.05) is 0 Å². The summed E-state index contributed by atoms with van der Waals surface area (Å²) >= 11 is 0. The van der Waals surface area contributed by atoms with Crippen molar-refractivity contribution in [3.8, 4) is 0 Å². The molecule has 1 aliphatic rings. The topological polar surface area (TPSA) is 58.9 Å². The third-order valence-corrected chi connectivity index (χ3v) is 4.18. The molecule has 2 aromatic rings. The highest BCUT2D eigenvalue weighted by atomic mass is 16.6. The van der Waals surface area contributed by atoms with Crippen molar-refractivity contribution in [1.82, 2.24) is 0 Å². The van der Waals surface area contributed by atoms with Gasteiger partial charge in [0.15, 0.2) is 11.9 Å². The maximum absolute atomic E-state index is 12.2. The van der Waals surface area contributed by atoms with Crippen molar-refractivity contribution in [2.24, 2.45) is 4.99 Å². The van der Waals surface area contributed by atoms with Crippen LogP contribution >= 0.6 is 0 Å². The fraction of sp³-hybridized carbons (Fsp3) is 0.200. The van der Waals surface area contributed by atoms with Crippen LogP contribution in [0.15, 0.2) is 64.9 Å². The molecule has 0 amide bonds. The molecular weight excluding hydrogens is 302 g/mol. The van der Waals surface area contributed by atoms with Gasteiger partial charge in [0.2, 0.25) is 0 Å². The van der Waals surface area contributed by atoms with Gasteiger partial charge < -0.3 is 9.84 Å². The zero-order valence-corrected chi connectivity index (χ0v) is 13.9. The van der Waals surface area contributed by atoms with Crippen molar-refractivity contribution in [3.05, 3.63) is 76.6 Å². The van der Waals surface area contributed by atoms with E-state index in [1.165, 1.54) is 5.56 Å². The zero-order valence-electron chi connectivity index (χ0n) is 13.9. The van der Waals surface area contributed by atoms with Gasteiger partial charge in [-0.25, -0.2) is 4.79 Å². The van der Waals surface area contributed by atoms with E-state index in [1.807, 2.05) is 62.4 Å². The molecule has 0 aromatic heterocycles. The number of carbonyl (C=O) groups excluding carboxylic acids is 1. The number of aliphatic imine (C=N–C) groups is 1. The van der Waals surface area contributed by atoms with Gasteiger partial charge in [-0.3, -0.25) is 4.99 Å². The van der Waals surface area contributed by atoms with Gasteiger partial charge in [-0.2, -0.15) is 0 Å². The first kappa shape index (κ1) is 16.0. The third kappa shape index (κ3) is 2.95. The van der Waals surface area contributed by atoms with Crippen LogP contribution in [0.5, 0.6) is 0 Å². The number of rotatable bonds is 3. The Labute approximate surface area is 141 Å². The average molecular weight is 321 g/mol. The van der Waals surface area contributed by atoms with E-state index in [-0.39, 0.29) is 11.3 Å². The molecule has 1 aliphatic heterocycles. The average Bonchev–Trinajstić information content (AvgIpc) is 2.86. The number of benzene rings is 2. The van der Waals surface area contributed by atoms with Gasteiger partial charge in [-0.05, 0) is 44.0 Å². The van der Waals surface area contributed by atoms with Crippen LogP contribution in [-0.2, 0) is 9.53 Å². The number of carbonyl (C=O) groups is 1. The molecule has 4 heteroatoms. The van der Waals surface area contributed by atoms with Crippen LogP contribution in [-0.4, -0.2) is 16.8 Å². The van der Waals surface area contributed by atoms with Gasteiger partial charge in [0.05, 0.1) is 11.4 Å². The van der Waals surface area contributed by atoms with Gasteiger partial charge in [-0.1, -0.05) is 36.4 Å². The van der Waals surface area contributed by atoms with E-state index in [9.17, 15) is 9.90 Å². The molecule has 0 saturated heterocycles. The molecule has 0 aliphatic carbocycles. The number of aryl methyl sites for hydroxylation is 2. The SMILES string of the molecule is CC(=Nc1ccc(C)c(C)c1)C1=C(O)C(c2ccccc2)OC1=O. The van der Waals surface area contributed by atoms with Crippen LogP contribution in [0.4, 0.5) is 5.69 Å². The number of nitrogens with zero attached hydrogens (tertiary/aromatic N) is 1. The molecule has 1 atom stereocenters. The summed E-state index contributed by atoms with van der Waals surface area (Å²) in [5, 5.41) is 10.5. The molecule has 0 saturated carbocycles. The second-order valence-corrected chi connectivity index (χ2v) is 5.92. The molecule has 122 valence electrons. The molecule has 4 nitrogen and oxygen atoms in total. The van der Waals surface area contributed by atoms with Gasteiger partial charge in [-0.15, -0.1) is 0 Å². The molecule has 0 radical (unpaired) electrons. The molecule has 0 fully saturated rings. The smallest absolute Gasteiger partial charge is 0.344 e. The summed E-state index contributed by atoms with van der Waals surface area (Å²) in [5.41, 5.74) is 4.36. The Balaban J connectivity index is 1.97. The first-order valence-corrected chi connectivity index (χ1v) is 7.79. The van der Waals surface area contributed by atoms with E-state index in [2.05, 4.69) is 4.99 Å². The van der Waals surface area contributed by atoms with E-state index in [0.717, 1.165) is 16.8 Å². The molecule has 1 N–H and O–H groups in total. The van der Waals surface area contributed by atoms with E-state index in [4.69, 9.17) is 4.74 Å². The maximum Gasteiger partial charge on any atom is 0.344 e. The number of aliphatic hydroxyl groups excluding tert-OH is 1. The minimum absolute atomic E-state index is 0.0868. The molecule has 2 aromatic carbocycles. The lowest BCUT2D eigenvalue weighted by Gasteiger charge is -2.09. The van der Waals surface area contributed by atoms with Crippen molar-refractivity contribution < 1.29 is 14.6 Å². The number of ether oxygens (including phenoxy) is 1. The molecule has 3 rings (SSSR count). The van der Waals surface area contributed by atoms with Crippen LogP contribution in [0.3, 0.4) is 0 Å². The predicted molar refractivity (Wildman–Crippen MR) is 93.6 cm³/mol. The summed E-state index contributed by atoms with van der Waals surface area (Å²) < 4.78 is 5.33. The number of hydrogen-bond donors (Lipinski definition) is 1. The highest BCUT2D eigenvalue weighted by molar-refractivity contribution is 6.21. The van der Waals surface area contributed by atoms with Gasteiger partial charge >= 0.3 is 5.97 Å². The number of cyclic esters (lactones) is 1. The van der Waals surface area contributed by atoms with Gasteiger partial charge in [0, 0.05) is 5.56 Å². The summed E-state index contributed by atoms with van der Waals surface area (Å²) in [4.78, 5) is 16.7. The Morgan fingerprint density at radius 1 is 1.08 bits per heavy atom. The van der Waals surface area contributed by atoms with Crippen molar-refractivity contribution in [2.45, 2.75) is 26.9 Å². The minimum Gasteiger partial charge on any atom is -0.507 e. The van der Waals surface area contributed by atoms with E-state index >= 15 is 0 Å². The first-order valence-electron chi connectivity index (χ1n) is 7.79. The molecule has 1 heterocycles. The molecule has 24 heavy (non-hydrogen) atoms. The highest BCUT2D eigenvalue weighted by Gasteiger charge is 2.36. The van der Waals surface area contributed by atoms with Crippen molar-refractivity contribution in [3.63, 3.8) is 0 Å². The Morgan fingerprint density at radius 2 is 1.79 bits per heavy atom. The Morgan fingerprint density at radius 3 is 2.46 bits per heavy atom. The highest BCUT2D eigenvalue weighted by Crippen LogP contribution is 2.34. The van der Waals surface area contributed by atoms with Gasteiger partial charge in [0.1, 0.15) is 5.57 Å². The number of aliphatic hydroxyl groups is 1. The molecular formula is C20H19NO3. The second kappa shape index (κ2) is 6.32.